The van der Waals surface area contributed by atoms with Crippen molar-refractivity contribution in [1.29, 1.82) is 0 Å². The number of benzene rings is 1. The third kappa shape index (κ3) is 3.87. The smallest absolute Gasteiger partial charge is 0.410 e. The minimum absolute atomic E-state index is 0.249. The highest BCUT2D eigenvalue weighted by atomic mass is 16.6. The lowest BCUT2D eigenvalue weighted by Gasteiger charge is -2.20. The van der Waals surface area contributed by atoms with E-state index in [1.54, 1.807) is 25.9 Å². The SMILES string of the molecule is COc1ccc(CN2CC(CC(C)(C)O)OC2=O)cc1. The molecule has 5 heteroatoms. The molecule has 0 radical (unpaired) electrons. The molecule has 1 atom stereocenters. The summed E-state index contributed by atoms with van der Waals surface area (Å²) < 4.78 is 10.4. The lowest BCUT2D eigenvalue weighted by Crippen LogP contribution is -2.29. The molecule has 5 nitrogen and oxygen atoms in total. The van der Waals surface area contributed by atoms with Crippen molar-refractivity contribution in [2.24, 2.45) is 0 Å². The van der Waals surface area contributed by atoms with Gasteiger partial charge in [0.25, 0.3) is 0 Å². The molecule has 1 fully saturated rings. The third-order valence-corrected chi connectivity index (χ3v) is 3.21. The quantitative estimate of drug-likeness (QED) is 0.897. The molecule has 0 spiro atoms. The van der Waals surface area contributed by atoms with Crippen molar-refractivity contribution in [2.75, 3.05) is 13.7 Å². The highest BCUT2D eigenvalue weighted by Gasteiger charge is 2.34. The summed E-state index contributed by atoms with van der Waals surface area (Å²) in [6, 6.07) is 7.58. The highest BCUT2D eigenvalue weighted by molar-refractivity contribution is 5.69. The highest BCUT2D eigenvalue weighted by Crippen LogP contribution is 2.22. The maximum absolute atomic E-state index is 11.8. The zero-order valence-corrected chi connectivity index (χ0v) is 12.1. The first kappa shape index (κ1) is 14.7. The Balaban J connectivity index is 1.94. The Hall–Kier alpha value is -1.75. The van der Waals surface area contributed by atoms with Gasteiger partial charge in [-0.05, 0) is 31.5 Å². The third-order valence-electron chi connectivity index (χ3n) is 3.21. The zero-order chi connectivity index (χ0) is 14.8. The molecule has 1 heterocycles. The Bertz CT molecular complexity index is 464. The Morgan fingerprint density at radius 2 is 2.05 bits per heavy atom. The molecule has 0 saturated carbocycles. The van der Waals surface area contributed by atoms with E-state index in [0.717, 1.165) is 11.3 Å². The number of nitrogens with zero attached hydrogens (tertiary/aromatic N) is 1. The van der Waals surface area contributed by atoms with Crippen LogP contribution in [0.15, 0.2) is 24.3 Å². The van der Waals surface area contributed by atoms with Crippen molar-refractivity contribution in [2.45, 2.75) is 38.5 Å². The van der Waals surface area contributed by atoms with E-state index >= 15 is 0 Å². The fourth-order valence-electron chi connectivity index (χ4n) is 2.32. The summed E-state index contributed by atoms with van der Waals surface area (Å²) in [5.74, 6) is 0.789. The first-order valence-corrected chi connectivity index (χ1v) is 6.68. The molecule has 2 rings (SSSR count). The molecule has 1 aliphatic rings. The van der Waals surface area contributed by atoms with Gasteiger partial charge >= 0.3 is 6.09 Å². The van der Waals surface area contributed by atoms with Crippen LogP contribution in [0, 0.1) is 0 Å². The maximum Gasteiger partial charge on any atom is 0.410 e. The summed E-state index contributed by atoms with van der Waals surface area (Å²) in [7, 11) is 1.62. The van der Waals surface area contributed by atoms with Crippen LogP contribution in [0.3, 0.4) is 0 Å². The number of amides is 1. The number of hydrogen-bond donors (Lipinski definition) is 1. The number of hydrogen-bond acceptors (Lipinski definition) is 4. The van der Waals surface area contributed by atoms with E-state index in [4.69, 9.17) is 9.47 Å². The van der Waals surface area contributed by atoms with E-state index in [2.05, 4.69) is 0 Å². The van der Waals surface area contributed by atoms with Crippen LogP contribution in [0.4, 0.5) is 4.79 Å². The molecular weight excluding hydrogens is 258 g/mol. The van der Waals surface area contributed by atoms with E-state index < -0.39 is 5.60 Å². The normalized spacial score (nSPS) is 19.1. The average Bonchev–Trinajstić information content (AvgIpc) is 2.68. The van der Waals surface area contributed by atoms with Crippen LogP contribution in [-0.2, 0) is 11.3 Å². The van der Waals surface area contributed by atoms with E-state index in [0.29, 0.717) is 19.5 Å². The molecule has 1 aromatic rings. The van der Waals surface area contributed by atoms with Gasteiger partial charge in [-0.2, -0.15) is 0 Å². The van der Waals surface area contributed by atoms with E-state index in [-0.39, 0.29) is 12.2 Å². The second kappa shape index (κ2) is 5.71. The molecule has 0 aliphatic carbocycles. The monoisotopic (exact) mass is 279 g/mol. The number of ether oxygens (including phenoxy) is 2. The second-order valence-corrected chi connectivity index (χ2v) is 5.75. The first-order valence-electron chi connectivity index (χ1n) is 6.68. The standard InChI is InChI=1S/C15H21NO4/c1-15(2,18)8-13-10-16(14(17)20-13)9-11-4-6-12(19-3)7-5-11/h4-7,13,18H,8-10H2,1-3H3. The number of aliphatic hydroxyl groups is 1. The molecule has 20 heavy (non-hydrogen) atoms. The molecule has 1 aromatic carbocycles. The van der Waals surface area contributed by atoms with Gasteiger partial charge in [0.15, 0.2) is 0 Å². The van der Waals surface area contributed by atoms with Gasteiger partial charge in [0.1, 0.15) is 11.9 Å². The molecule has 1 amide bonds. The van der Waals surface area contributed by atoms with Gasteiger partial charge in [0.05, 0.1) is 19.3 Å². The first-order chi connectivity index (χ1) is 9.37. The zero-order valence-electron chi connectivity index (χ0n) is 12.1. The number of rotatable bonds is 5. The van der Waals surface area contributed by atoms with Gasteiger partial charge in [0.2, 0.25) is 0 Å². The van der Waals surface area contributed by atoms with Gasteiger partial charge in [-0.25, -0.2) is 4.79 Å². The van der Waals surface area contributed by atoms with Crippen molar-refractivity contribution in [3.8, 4) is 5.75 Å². The number of carbonyl (C=O) groups is 1. The van der Waals surface area contributed by atoms with Crippen molar-refractivity contribution in [3.05, 3.63) is 29.8 Å². The van der Waals surface area contributed by atoms with Gasteiger partial charge in [-0.1, -0.05) is 12.1 Å². The van der Waals surface area contributed by atoms with Gasteiger partial charge in [0, 0.05) is 13.0 Å². The van der Waals surface area contributed by atoms with Crippen LogP contribution in [0.25, 0.3) is 0 Å². The predicted octanol–water partition coefficient (Wildman–Crippen LogP) is 2.18. The molecule has 0 aromatic heterocycles. The summed E-state index contributed by atoms with van der Waals surface area (Å²) in [5, 5.41) is 9.77. The van der Waals surface area contributed by atoms with E-state index in [1.807, 2.05) is 24.3 Å². The number of carbonyl (C=O) groups excluding carboxylic acids is 1. The Kier molecular flexibility index (Phi) is 4.18. The molecule has 1 N–H and O–H groups in total. The fourth-order valence-corrected chi connectivity index (χ4v) is 2.32. The Labute approximate surface area is 119 Å². The molecule has 1 aliphatic heterocycles. The van der Waals surface area contributed by atoms with Crippen LogP contribution in [0.2, 0.25) is 0 Å². The van der Waals surface area contributed by atoms with E-state index in [1.165, 1.54) is 0 Å². The van der Waals surface area contributed by atoms with Crippen LogP contribution in [-0.4, -0.2) is 41.5 Å². The van der Waals surface area contributed by atoms with Crippen molar-refractivity contribution in [3.63, 3.8) is 0 Å². The van der Waals surface area contributed by atoms with Crippen LogP contribution >= 0.6 is 0 Å². The van der Waals surface area contributed by atoms with Crippen LogP contribution < -0.4 is 4.74 Å². The minimum atomic E-state index is -0.832. The molecule has 1 unspecified atom stereocenters. The lowest BCUT2D eigenvalue weighted by atomic mass is 10.0. The molecule has 110 valence electrons. The molecular formula is C15H21NO4. The average molecular weight is 279 g/mol. The Morgan fingerprint density at radius 1 is 1.40 bits per heavy atom. The second-order valence-electron chi connectivity index (χ2n) is 5.75. The Morgan fingerprint density at radius 3 is 2.60 bits per heavy atom. The minimum Gasteiger partial charge on any atom is -0.497 e. The summed E-state index contributed by atoms with van der Waals surface area (Å²) in [6.07, 6.45) is -0.131. The largest absolute Gasteiger partial charge is 0.497 e. The van der Waals surface area contributed by atoms with Crippen LogP contribution in [0.5, 0.6) is 5.75 Å². The summed E-state index contributed by atoms with van der Waals surface area (Å²) >= 11 is 0. The van der Waals surface area contributed by atoms with Gasteiger partial charge < -0.3 is 19.5 Å². The lowest BCUT2D eigenvalue weighted by molar-refractivity contribution is 0.0260. The van der Waals surface area contributed by atoms with Gasteiger partial charge in [-0.15, -0.1) is 0 Å². The fraction of sp³-hybridized carbons (Fsp3) is 0.533. The van der Waals surface area contributed by atoms with Gasteiger partial charge in [-0.3, -0.25) is 0 Å². The molecule has 0 bridgehead atoms. The van der Waals surface area contributed by atoms with Crippen molar-refractivity contribution >= 4 is 6.09 Å². The number of cyclic esters (lactones) is 1. The number of methoxy groups -OCH3 is 1. The van der Waals surface area contributed by atoms with E-state index in [9.17, 15) is 9.90 Å². The summed E-state index contributed by atoms with van der Waals surface area (Å²) in [5.41, 5.74) is 0.188. The predicted molar refractivity (Wildman–Crippen MR) is 74.6 cm³/mol. The van der Waals surface area contributed by atoms with Crippen molar-refractivity contribution in [1.82, 2.24) is 4.90 Å². The van der Waals surface area contributed by atoms with Crippen molar-refractivity contribution < 1.29 is 19.4 Å². The summed E-state index contributed by atoms with van der Waals surface area (Å²) in [6.45, 7) is 4.44. The summed E-state index contributed by atoms with van der Waals surface area (Å²) in [4.78, 5) is 13.4. The topological polar surface area (TPSA) is 59.0 Å². The molecule has 1 saturated heterocycles. The maximum atomic E-state index is 11.8. The van der Waals surface area contributed by atoms with Crippen LogP contribution in [0.1, 0.15) is 25.8 Å².